The number of imide groups is 2. The van der Waals surface area contributed by atoms with Gasteiger partial charge in [0.2, 0.25) is 17.7 Å². The van der Waals surface area contributed by atoms with E-state index < -0.39 is 47.3 Å². The Balaban J connectivity index is 0.917. The number of nitrogens with zero attached hydrogens (tertiary/aromatic N) is 6. The molecule has 4 aromatic rings. The lowest BCUT2D eigenvalue weighted by Gasteiger charge is -2.41. The predicted octanol–water partition coefficient (Wildman–Crippen LogP) is 4.55. The number of piperidine rings is 1. The molecule has 2 N–H and O–H groups in total. The van der Waals surface area contributed by atoms with E-state index in [1.807, 2.05) is 19.1 Å². The Bertz CT molecular complexity index is 2410. The van der Waals surface area contributed by atoms with Crippen molar-refractivity contribution < 1.29 is 46.6 Å². The fraction of sp³-hybridized carbons (Fsp3) is 0.372. The average molecular weight is 841 g/mol. The van der Waals surface area contributed by atoms with Gasteiger partial charge in [0, 0.05) is 86.0 Å². The number of morpholine rings is 1. The first-order valence-corrected chi connectivity index (χ1v) is 20.0. The molecule has 0 spiro atoms. The smallest absolute Gasteiger partial charge is 0.416 e. The summed E-state index contributed by atoms with van der Waals surface area (Å²) < 4.78 is 51.8. The van der Waals surface area contributed by atoms with Crippen LogP contribution in [0.2, 0.25) is 0 Å². The molecule has 15 nitrogen and oxygen atoms in total. The van der Waals surface area contributed by atoms with Crippen molar-refractivity contribution in [1.82, 2.24) is 25.1 Å². The summed E-state index contributed by atoms with van der Waals surface area (Å²) in [6, 6.07) is 12.1. The van der Waals surface area contributed by atoms with Crippen molar-refractivity contribution in [3.05, 3.63) is 94.9 Å². The van der Waals surface area contributed by atoms with Crippen LogP contribution >= 0.6 is 0 Å². The monoisotopic (exact) mass is 840 g/mol. The van der Waals surface area contributed by atoms with Crippen molar-refractivity contribution in [2.75, 3.05) is 74.2 Å². The number of nitrogens with one attached hydrogen (secondary N) is 2. The number of carbonyl (C=O) groups is 5. The summed E-state index contributed by atoms with van der Waals surface area (Å²) in [7, 11) is 0. The van der Waals surface area contributed by atoms with Crippen LogP contribution in [0.3, 0.4) is 0 Å². The molecule has 0 saturated carbocycles. The van der Waals surface area contributed by atoms with Crippen LogP contribution in [0.25, 0.3) is 11.1 Å². The standard InChI is InChI=1S/C43H43F3N8O7/c1-25-24-53(31-6-7-32-34(21-31)42(59)54(41(32)58)35-8-9-37(55)50-39(35)57)11-10-51(25)14-17-61-40-36(52-12-15-60-16-13-52)19-28(22-48-40)33-20-30(23-47-26(33)2)49-38(56)27-4-3-5-29(18-27)43(44,45)46/h3-7,18-23,25,35H,8-17,24H2,1-2H3,(H,49,56)(H,50,55,57). The van der Waals surface area contributed by atoms with Gasteiger partial charge in [-0.15, -0.1) is 0 Å². The van der Waals surface area contributed by atoms with Gasteiger partial charge < -0.3 is 24.6 Å². The molecule has 318 valence electrons. The zero-order chi connectivity index (χ0) is 43.0. The van der Waals surface area contributed by atoms with E-state index in [4.69, 9.17) is 14.5 Å². The number of anilines is 3. The fourth-order valence-electron chi connectivity index (χ4n) is 8.14. The first-order chi connectivity index (χ1) is 29.2. The number of piperazine rings is 1. The van der Waals surface area contributed by atoms with Gasteiger partial charge in [-0.25, -0.2) is 4.98 Å². The summed E-state index contributed by atoms with van der Waals surface area (Å²) in [6.45, 7) is 9.15. The average Bonchev–Trinajstić information content (AvgIpc) is 3.49. The van der Waals surface area contributed by atoms with E-state index in [-0.39, 0.29) is 35.6 Å². The number of rotatable bonds is 10. The molecule has 3 fully saturated rings. The minimum absolute atomic E-state index is 0.0528. The van der Waals surface area contributed by atoms with Crippen LogP contribution in [0.15, 0.2) is 67.0 Å². The number of ether oxygens (including phenoxy) is 2. The SMILES string of the molecule is Cc1ncc(NC(=O)c2cccc(C(F)(F)F)c2)cc1-c1cnc(OCCN2CCN(c3ccc4c(c3)C(=O)N(C3CCC(=O)NC3=O)C4=O)CC2C)c(N2CCOCC2)c1. The van der Waals surface area contributed by atoms with E-state index in [0.29, 0.717) is 87.5 Å². The number of pyridine rings is 2. The number of aromatic nitrogens is 2. The second-order valence-corrected chi connectivity index (χ2v) is 15.4. The van der Waals surface area contributed by atoms with Crippen molar-refractivity contribution in [3.8, 4) is 17.0 Å². The highest BCUT2D eigenvalue weighted by Gasteiger charge is 2.45. The Hall–Kier alpha value is -6.40. The number of aryl methyl sites for hydroxylation is 1. The number of hydrogen-bond donors (Lipinski definition) is 2. The van der Waals surface area contributed by atoms with Crippen LogP contribution in [0.4, 0.5) is 30.2 Å². The van der Waals surface area contributed by atoms with Crippen molar-refractivity contribution in [3.63, 3.8) is 0 Å². The molecule has 18 heteroatoms. The molecule has 2 unspecified atom stereocenters. The van der Waals surface area contributed by atoms with Crippen LogP contribution in [-0.2, 0) is 20.5 Å². The number of amides is 5. The van der Waals surface area contributed by atoms with Gasteiger partial charge in [0.15, 0.2) is 0 Å². The Morgan fingerprint density at radius 3 is 2.46 bits per heavy atom. The highest BCUT2D eigenvalue weighted by molar-refractivity contribution is 6.23. The Labute approximate surface area is 348 Å². The van der Waals surface area contributed by atoms with Crippen molar-refractivity contribution >= 4 is 46.6 Å². The predicted molar refractivity (Wildman–Crippen MR) is 216 cm³/mol. The lowest BCUT2D eigenvalue weighted by atomic mass is 10.0. The summed E-state index contributed by atoms with van der Waals surface area (Å²) >= 11 is 0. The Kier molecular flexibility index (Phi) is 11.5. The van der Waals surface area contributed by atoms with Crippen LogP contribution in [0.1, 0.15) is 62.1 Å². The zero-order valence-corrected chi connectivity index (χ0v) is 33.5. The number of fused-ring (bicyclic) bond motifs is 1. The first kappa shape index (κ1) is 41.3. The minimum atomic E-state index is -4.59. The third-order valence-corrected chi connectivity index (χ3v) is 11.5. The van der Waals surface area contributed by atoms with E-state index in [2.05, 4.69) is 37.2 Å². The number of alkyl halides is 3. The normalized spacial score (nSPS) is 19.9. The van der Waals surface area contributed by atoms with Gasteiger partial charge in [-0.05, 0) is 68.8 Å². The van der Waals surface area contributed by atoms with Gasteiger partial charge >= 0.3 is 6.18 Å². The summed E-state index contributed by atoms with van der Waals surface area (Å²) in [4.78, 5) is 80.5. The molecular formula is C43H43F3N8O7. The number of benzene rings is 2. The number of halogens is 3. The molecule has 6 heterocycles. The molecule has 3 saturated heterocycles. The molecule has 0 radical (unpaired) electrons. The molecule has 8 rings (SSSR count). The molecule has 2 atom stereocenters. The molecule has 0 bridgehead atoms. The highest BCUT2D eigenvalue weighted by Crippen LogP contribution is 2.35. The molecule has 4 aliphatic heterocycles. The van der Waals surface area contributed by atoms with E-state index in [1.54, 1.807) is 24.4 Å². The molecule has 0 aliphatic carbocycles. The second kappa shape index (κ2) is 16.9. The van der Waals surface area contributed by atoms with Crippen LogP contribution < -0.4 is 25.2 Å². The van der Waals surface area contributed by atoms with E-state index in [1.165, 1.54) is 18.3 Å². The third-order valence-electron chi connectivity index (χ3n) is 11.5. The maximum atomic E-state index is 13.4. The molecule has 5 amide bonds. The van der Waals surface area contributed by atoms with Gasteiger partial charge in [-0.3, -0.25) is 44.1 Å². The Morgan fingerprint density at radius 1 is 0.918 bits per heavy atom. The third kappa shape index (κ3) is 8.63. The molecule has 2 aromatic carbocycles. The topological polar surface area (TPSA) is 167 Å². The van der Waals surface area contributed by atoms with Crippen LogP contribution in [0.5, 0.6) is 5.88 Å². The summed E-state index contributed by atoms with van der Waals surface area (Å²) in [6.07, 6.45) is -1.32. The van der Waals surface area contributed by atoms with E-state index in [9.17, 15) is 37.1 Å². The van der Waals surface area contributed by atoms with Gasteiger partial charge in [-0.2, -0.15) is 13.2 Å². The van der Waals surface area contributed by atoms with E-state index in [0.717, 1.165) is 28.4 Å². The van der Waals surface area contributed by atoms with E-state index >= 15 is 0 Å². The lowest BCUT2D eigenvalue weighted by molar-refractivity contribution is -0.138. The molecular weight excluding hydrogens is 798 g/mol. The van der Waals surface area contributed by atoms with Crippen LogP contribution in [0, 0.1) is 6.92 Å². The first-order valence-electron chi connectivity index (χ1n) is 20.0. The largest absolute Gasteiger partial charge is 0.475 e. The maximum absolute atomic E-state index is 13.4. The van der Waals surface area contributed by atoms with Crippen molar-refractivity contribution in [2.24, 2.45) is 0 Å². The molecule has 61 heavy (non-hydrogen) atoms. The minimum Gasteiger partial charge on any atom is -0.475 e. The maximum Gasteiger partial charge on any atom is 0.416 e. The second-order valence-electron chi connectivity index (χ2n) is 15.4. The lowest BCUT2D eigenvalue weighted by Crippen LogP contribution is -2.54. The number of hydrogen-bond acceptors (Lipinski definition) is 12. The molecule has 4 aliphatic rings. The van der Waals surface area contributed by atoms with Crippen LogP contribution in [-0.4, -0.2) is 120 Å². The summed E-state index contributed by atoms with van der Waals surface area (Å²) in [5, 5.41) is 4.89. The van der Waals surface area contributed by atoms with Gasteiger partial charge in [-0.1, -0.05) is 6.07 Å². The van der Waals surface area contributed by atoms with Gasteiger partial charge in [0.05, 0.1) is 41.8 Å². The fourth-order valence-corrected chi connectivity index (χ4v) is 8.14. The van der Waals surface area contributed by atoms with Crippen molar-refractivity contribution in [2.45, 2.75) is 44.9 Å². The quantitative estimate of drug-likeness (QED) is 0.215. The Morgan fingerprint density at radius 2 is 1.70 bits per heavy atom. The summed E-state index contributed by atoms with van der Waals surface area (Å²) in [5.41, 5.74) is 3.32. The van der Waals surface area contributed by atoms with Gasteiger partial charge in [0.25, 0.3) is 17.7 Å². The summed E-state index contributed by atoms with van der Waals surface area (Å²) in [5.74, 6) is -2.41. The zero-order valence-electron chi connectivity index (χ0n) is 33.5. The highest BCUT2D eigenvalue weighted by atomic mass is 19.4. The molecule has 2 aromatic heterocycles. The van der Waals surface area contributed by atoms with Crippen molar-refractivity contribution in [1.29, 1.82) is 0 Å². The van der Waals surface area contributed by atoms with Gasteiger partial charge in [0.1, 0.15) is 18.3 Å². The number of carbonyl (C=O) groups excluding carboxylic acids is 5.